The maximum atomic E-state index is 13.6. The van der Waals surface area contributed by atoms with Crippen LogP contribution in [0.15, 0.2) is 61.9 Å². The van der Waals surface area contributed by atoms with Crippen LogP contribution < -0.4 is 19.8 Å². The Labute approximate surface area is 206 Å². The number of esters is 1. The third-order valence-corrected chi connectivity index (χ3v) is 6.90. The highest BCUT2D eigenvalue weighted by atomic mass is 35.5. The summed E-state index contributed by atoms with van der Waals surface area (Å²) in [6.07, 6.45) is 1.72. The molecule has 0 radical (unpaired) electrons. The van der Waals surface area contributed by atoms with E-state index >= 15 is 0 Å². The minimum Gasteiger partial charge on any atom is -0.463 e. The molecule has 3 aromatic rings. The highest BCUT2D eigenvalue weighted by molar-refractivity contribution is 7.07. The molecular weight excluding hydrogens is 474 g/mol. The number of allylic oxidation sites excluding steroid dienone is 1. The molecule has 0 N–H and O–H groups in total. The van der Waals surface area contributed by atoms with Crippen LogP contribution in [0.2, 0.25) is 5.02 Å². The fourth-order valence-electron chi connectivity index (χ4n) is 4.01. The van der Waals surface area contributed by atoms with Crippen molar-refractivity contribution in [3.05, 3.63) is 83.7 Å². The van der Waals surface area contributed by atoms with Crippen LogP contribution in [0.5, 0.6) is 0 Å². The summed E-state index contributed by atoms with van der Waals surface area (Å²) in [7, 11) is 0. The number of nitrogens with zero attached hydrogens (tertiary/aromatic N) is 3. The molecule has 0 amide bonds. The molecule has 0 fully saturated rings. The number of rotatable bonds is 7. The monoisotopic (exact) mass is 499 g/mol. The first-order valence-corrected chi connectivity index (χ1v) is 12.4. The molecule has 0 unspecified atom stereocenters. The quantitative estimate of drug-likeness (QED) is 0.461. The molecule has 178 valence electrons. The number of halogens is 1. The van der Waals surface area contributed by atoms with Gasteiger partial charge in [-0.05, 0) is 51.5 Å². The van der Waals surface area contributed by atoms with Gasteiger partial charge in [0, 0.05) is 30.3 Å². The van der Waals surface area contributed by atoms with Gasteiger partial charge in [0.05, 0.1) is 28.5 Å². The van der Waals surface area contributed by atoms with Crippen LogP contribution in [0.25, 0.3) is 6.08 Å². The van der Waals surface area contributed by atoms with Crippen LogP contribution in [0.3, 0.4) is 0 Å². The number of benzene rings is 1. The highest BCUT2D eigenvalue weighted by Crippen LogP contribution is 2.31. The van der Waals surface area contributed by atoms with Gasteiger partial charge in [0.15, 0.2) is 10.7 Å². The summed E-state index contributed by atoms with van der Waals surface area (Å²) in [5.41, 5.74) is 1.35. The predicted molar refractivity (Wildman–Crippen MR) is 134 cm³/mol. The Balaban J connectivity index is 1.87. The summed E-state index contributed by atoms with van der Waals surface area (Å²) in [6, 6.07) is 10.2. The van der Waals surface area contributed by atoms with E-state index in [1.54, 1.807) is 36.6 Å². The fourth-order valence-corrected chi connectivity index (χ4v) is 5.16. The van der Waals surface area contributed by atoms with Gasteiger partial charge in [-0.3, -0.25) is 9.36 Å². The summed E-state index contributed by atoms with van der Waals surface area (Å²) in [4.78, 5) is 33.7. The largest absolute Gasteiger partial charge is 0.463 e. The zero-order valence-electron chi connectivity index (χ0n) is 19.5. The Morgan fingerprint density at radius 2 is 1.91 bits per heavy atom. The molecular formula is C25H26ClN3O4S. The number of furan rings is 1. The molecule has 1 aromatic carbocycles. The van der Waals surface area contributed by atoms with Gasteiger partial charge in [-0.1, -0.05) is 35.1 Å². The molecule has 0 saturated carbocycles. The van der Waals surface area contributed by atoms with E-state index in [4.69, 9.17) is 20.8 Å². The molecule has 9 heteroatoms. The first-order chi connectivity index (χ1) is 16.4. The van der Waals surface area contributed by atoms with Crippen LogP contribution in [0.1, 0.15) is 45.1 Å². The fraction of sp³-hybridized carbons (Fsp3) is 0.320. The lowest BCUT2D eigenvalue weighted by Gasteiger charge is -2.24. The zero-order chi connectivity index (χ0) is 24.4. The molecule has 4 rings (SSSR count). The van der Waals surface area contributed by atoms with Gasteiger partial charge in [0.1, 0.15) is 5.76 Å². The van der Waals surface area contributed by atoms with Gasteiger partial charge in [0.25, 0.3) is 5.56 Å². The van der Waals surface area contributed by atoms with Crippen molar-refractivity contribution in [2.45, 2.75) is 33.7 Å². The maximum absolute atomic E-state index is 13.6. The van der Waals surface area contributed by atoms with E-state index in [9.17, 15) is 9.59 Å². The average molecular weight is 500 g/mol. The summed E-state index contributed by atoms with van der Waals surface area (Å²) >= 11 is 7.35. The van der Waals surface area contributed by atoms with Crippen molar-refractivity contribution in [1.29, 1.82) is 0 Å². The number of ether oxygens (including phenoxy) is 1. The van der Waals surface area contributed by atoms with Crippen molar-refractivity contribution in [3.8, 4) is 0 Å². The van der Waals surface area contributed by atoms with Crippen LogP contribution in [0, 0.1) is 0 Å². The Morgan fingerprint density at radius 1 is 1.21 bits per heavy atom. The SMILES string of the molecule is CCOC(=O)C1=C(C)N=c2s/c(=C\c3ccc(N(CC)CC)o3)c(=O)n2[C@H]1c1ccc(Cl)cc1. The molecule has 0 saturated heterocycles. The topological polar surface area (TPSA) is 77.0 Å². The number of anilines is 1. The number of thiazole rings is 1. The Hall–Kier alpha value is -3.10. The van der Waals surface area contributed by atoms with E-state index in [2.05, 4.69) is 23.7 Å². The third kappa shape index (κ3) is 4.48. The van der Waals surface area contributed by atoms with E-state index in [1.807, 2.05) is 24.3 Å². The average Bonchev–Trinajstić information content (AvgIpc) is 3.39. The number of carbonyl (C=O) groups is 1. The predicted octanol–water partition coefficient (Wildman–Crippen LogP) is 3.89. The second-order valence-corrected chi connectivity index (χ2v) is 9.15. The van der Waals surface area contributed by atoms with E-state index < -0.39 is 12.0 Å². The van der Waals surface area contributed by atoms with Crippen LogP contribution in [0.4, 0.5) is 5.88 Å². The molecule has 1 aliphatic heterocycles. The van der Waals surface area contributed by atoms with E-state index in [-0.39, 0.29) is 12.2 Å². The van der Waals surface area contributed by atoms with Gasteiger partial charge in [-0.15, -0.1) is 0 Å². The smallest absolute Gasteiger partial charge is 0.338 e. The van der Waals surface area contributed by atoms with E-state index in [0.29, 0.717) is 31.4 Å². The van der Waals surface area contributed by atoms with Crippen molar-refractivity contribution < 1.29 is 13.9 Å². The van der Waals surface area contributed by atoms with Crippen LogP contribution >= 0.6 is 22.9 Å². The number of hydrogen-bond acceptors (Lipinski definition) is 7. The lowest BCUT2D eigenvalue weighted by Crippen LogP contribution is -2.39. The number of fused-ring (bicyclic) bond motifs is 1. The van der Waals surface area contributed by atoms with Crippen LogP contribution in [-0.4, -0.2) is 30.2 Å². The Kier molecular flexibility index (Phi) is 7.09. The zero-order valence-corrected chi connectivity index (χ0v) is 21.1. The number of hydrogen-bond donors (Lipinski definition) is 0. The van der Waals surface area contributed by atoms with Crippen molar-refractivity contribution >= 4 is 40.9 Å². The standard InChI is InChI=1S/C25H26ClN3O4S/c1-5-28(6-2)20-13-12-18(33-20)14-19-23(30)29-22(16-8-10-17(26)11-9-16)21(24(31)32-7-3)15(4)27-25(29)34-19/h8-14,22H,5-7H2,1-4H3/b19-14-/t22-/m0/s1. The van der Waals surface area contributed by atoms with Crippen molar-refractivity contribution in [3.63, 3.8) is 0 Å². The van der Waals surface area contributed by atoms with Crippen molar-refractivity contribution in [1.82, 2.24) is 4.57 Å². The minimum absolute atomic E-state index is 0.223. The van der Waals surface area contributed by atoms with Gasteiger partial charge >= 0.3 is 5.97 Å². The van der Waals surface area contributed by atoms with E-state index in [1.165, 1.54) is 11.3 Å². The van der Waals surface area contributed by atoms with Gasteiger partial charge in [-0.2, -0.15) is 0 Å². The van der Waals surface area contributed by atoms with Gasteiger partial charge in [0.2, 0.25) is 0 Å². The molecule has 1 atom stereocenters. The normalized spacial score (nSPS) is 15.8. The first-order valence-electron chi connectivity index (χ1n) is 11.2. The maximum Gasteiger partial charge on any atom is 0.338 e. The minimum atomic E-state index is -0.669. The van der Waals surface area contributed by atoms with E-state index in [0.717, 1.165) is 24.5 Å². The molecule has 2 aromatic heterocycles. The molecule has 7 nitrogen and oxygen atoms in total. The summed E-state index contributed by atoms with van der Waals surface area (Å²) in [5, 5.41) is 0.566. The molecule has 0 aliphatic carbocycles. The lowest BCUT2D eigenvalue weighted by molar-refractivity contribution is -0.139. The Bertz CT molecular complexity index is 1410. The number of carbonyl (C=O) groups excluding carboxylic acids is 1. The summed E-state index contributed by atoms with van der Waals surface area (Å²) < 4.78 is 13.3. The lowest BCUT2D eigenvalue weighted by atomic mass is 9.96. The molecule has 34 heavy (non-hydrogen) atoms. The molecule has 1 aliphatic rings. The molecule has 0 bridgehead atoms. The summed E-state index contributed by atoms with van der Waals surface area (Å²) in [6.45, 7) is 9.49. The van der Waals surface area contributed by atoms with Gasteiger partial charge < -0.3 is 14.1 Å². The molecule has 3 heterocycles. The van der Waals surface area contributed by atoms with Crippen LogP contribution in [-0.2, 0) is 9.53 Å². The second-order valence-electron chi connectivity index (χ2n) is 7.70. The first kappa shape index (κ1) is 24.0. The van der Waals surface area contributed by atoms with Crippen molar-refractivity contribution in [2.75, 3.05) is 24.6 Å². The molecule has 0 spiro atoms. The number of aromatic nitrogens is 1. The summed E-state index contributed by atoms with van der Waals surface area (Å²) in [5.74, 6) is 0.841. The van der Waals surface area contributed by atoms with Gasteiger partial charge in [-0.25, -0.2) is 9.79 Å². The third-order valence-electron chi connectivity index (χ3n) is 5.66. The second kappa shape index (κ2) is 10.0. The Morgan fingerprint density at radius 3 is 2.56 bits per heavy atom. The highest BCUT2D eigenvalue weighted by Gasteiger charge is 2.33. The van der Waals surface area contributed by atoms with Crippen molar-refractivity contribution in [2.24, 2.45) is 4.99 Å².